The molecule has 108 valence electrons. The van der Waals surface area contributed by atoms with Crippen LogP contribution in [0.15, 0.2) is 35.4 Å². The molecule has 0 saturated carbocycles. The number of nitrogens with zero attached hydrogens (tertiary/aromatic N) is 1. The van der Waals surface area contributed by atoms with Crippen LogP contribution in [0, 0.1) is 6.92 Å². The van der Waals surface area contributed by atoms with E-state index in [0.29, 0.717) is 6.04 Å². The van der Waals surface area contributed by atoms with Crippen molar-refractivity contribution in [2.24, 2.45) is 0 Å². The Morgan fingerprint density at radius 3 is 2.75 bits per heavy atom. The largest absolute Gasteiger partial charge is 0.309 e. The molecule has 0 fully saturated rings. The van der Waals surface area contributed by atoms with E-state index in [2.05, 4.69) is 55.3 Å². The summed E-state index contributed by atoms with van der Waals surface area (Å²) in [6.07, 6.45) is 3.18. The van der Waals surface area contributed by atoms with E-state index >= 15 is 0 Å². The normalized spacial score (nSPS) is 12.6. The third kappa shape index (κ3) is 4.62. The lowest BCUT2D eigenvalue weighted by Crippen LogP contribution is -2.18. The van der Waals surface area contributed by atoms with Crippen molar-refractivity contribution >= 4 is 23.1 Å². The van der Waals surface area contributed by atoms with Gasteiger partial charge in [-0.3, -0.25) is 0 Å². The standard InChI is InChI=1S/C16H22N2S2/c1-4-9-17-13(3)15-10-18-16(20-15)11-19-14-7-5-12(2)6-8-14/h5-8,10,13,17H,4,9,11H2,1-3H3. The lowest BCUT2D eigenvalue weighted by Gasteiger charge is -2.09. The fraction of sp³-hybridized carbons (Fsp3) is 0.438. The van der Waals surface area contributed by atoms with Crippen LogP contribution >= 0.6 is 23.1 Å². The summed E-state index contributed by atoms with van der Waals surface area (Å²) in [5.41, 5.74) is 1.31. The molecule has 0 spiro atoms. The second-order valence-electron chi connectivity index (χ2n) is 4.93. The maximum atomic E-state index is 4.54. The number of hydrogen-bond acceptors (Lipinski definition) is 4. The highest BCUT2D eigenvalue weighted by Gasteiger charge is 2.09. The van der Waals surface area contributed by atoms with Crippen LogP contribution in [-0.2, 0) is 5.75 Å². The average molecular weight is 306 g/mol. The highest BCUT2D eigenvalue weighted by molar-refractivity contribution is 7.98. The Kier molecular flexibility index (Phi) is 6.07. The van der Waals surface area contributed by atoms with Crippen LogP contribution in [0.3, 0.4) is 0 Å². The lowest BCUT2D eigenvalue weighted by atomic mass is 10.2. The molecule has 20 heavy (non-hydrogen) atoms. The van der Waals surface area contributed by atoms with E-state index in [1.54, 1.807) is 0 Å². The minimum Gasteiger partial charge on any atom is -0.309 e. The summed E-state index contributed by atoms with van der Waals surface area (Å²) in [5.74, 6) is 0.953. The van der Waals surface area contributed by atoms with E-state index in [1.807, 2.05) is 29.3 Å². The molecule has 1 heterocycles. The van der Waals surface area contributed by atoms with Crippen LogP contribution in [0.4, 0.5) is 0 Å². The zero-order valence-electron chi connectivity index (χ0n) is 12.3. The lowest BCUT2D eigenvalue weighted by molar-refractivity contribution is 0.577. The predicted octanol–water partition coefficient (Wildman–Crippen LogP) is 4.80. The monoisotopic (exact) mass is 306 g/mol. The zero-order valence-corrected chi connectivity index (χ0v) is 14.0. The van der Waals surface area contributed by atoms with Crippen LogP contribution in [0.1, 0.15) is 41.8 Å². The van der Waals surface area contributed by atoms with Crippen LogP contribution in [0.25, 0.3) is 0 Å². The van der Waals surface area contributed by atoms with Crippen molar-refractivity contribution in [1.82, 2.24) is 10.3 Å². The maximum Gasteiger partial charge on any atom is 0.103 e. The molecule has 0 bridgehead atoms. The minimum absolute atomic E-state index is 0.408. The number of thiazole rings is 1. The molecule has 2 nitrogen and oxygen atoms in total. The summed E-state index contributed by atoms with van der Waals surface area (Å²) < 4.78 is 0. The van der Waals surface area contributed by atoms with Gasteiger partial charge in [-0.2, -0.15) is 0 Å². The number of aryl methyl sites for hydroxylation is 1. The van der Waals surface area contributed by atoms with Gasteiger partial charge >= 0.3 is 0 Å². The maximum absolute atomic E-state index is 4.54. The second-order valence-corrected chi connectivity index (χ2v) is 7.13. The zero-order chi connectivity index (χ0) is 14.4. The van der Waals surface area contributed by atoms with Crippen molar-refractivity contribution in [1.29, 1.82) is 0 Å². The molecule has 1 N–H and O–H groups in total. The van der Waals surface area contributed by atoms with Crippen LogP contribution in [-0.4, -0.2) is 11.5 Å². The summed E-state index contributed by atoms with van der Waals surface area (Å²) in [5, 5.41) is 4.71. The number of thioether (sulfide) groups is 1. The van der Waals surface area contributed by atoms with Gasteiger partial charge in [0, 0.05) is 22.0 Å². The van der Waals surface area contributed by atoms with E-state index in [0.717, 1.165) is 12.3 Å². The van der Waals surface area contributed by atoms with Crippen molar-refractivity contribution in [3.63, 3.8) is 0 Å². The predicted molar refractivity (Wildman–Crippen MR) is 89.6 cm³/mol. The molecule has 0 amide bonds. The first-order valence-corrected chi connectivity index (χ1v) is 8.86. The molecule has 1 atom stereocenters. The number of rotatable bonds is 7. The van der Waals surface area contributed by atoms with E-state index in [4.69, 9.17) is 0 Å². The highest BCUT2D eigenvalue weighted by atomic mass is 32.2. The molecule has 0 aliphatic rings. The molecule has 0 saturated heterocycles. The van der Waals surface area contributed by atoms with Gasteiger partial charge in [0.05, 0.1) is 5.75 Å². The van der Waals surface area contributed by atoms with E-state index in [1.165, 1.54) is 26.8 Å². The molecule has 1 aromatic carbocycles. The fourth-order valence-electron chi connectivity index (χ4n) is 1.83. The smallest absolute Gasteiger partial charge is 0.103 e. The Labute approximate surface area is 130 Å². The first kappa shape index (κ1) is 15.5. The Morgan fingerprint density at radius 2 is 2.05 bits per heavy atom. The van der Waals surface area contributed by atoms with Crippen LogP contribution in [0.2, 0.25) is 0 Å². The van der Waals surface area contributed by atoms with Gasteiger partial charge in [0.2, 0.25) is 0 Å². The van der Waals surface area contributed by atoms with Gasteiger partial charge < -0.3 is 5.32 Å². The molecule has 0 aliphatic carbocycles. The van der Waals surface area contributed by atoms with Gasteiger partial charge in [0.15, 0.2) is 0 Å². The molecule has 0 aliphatic heterocycles. The van der Waals surface area contributed by atoms with E-state index in [9.17, 15) is 0 Å². The van der Waals surface area contributed by atoms with Gasteiger partial charge in [-0.05, 0) is 38.9 Å². The molecule has 1 aromatic heterocycles. The quantitative estimate of drug-likeness (QED) is 0.743. The van der Waals surface area contributed by atoms with Gasteiger partial charge in [-0.1, -0.05) is 24.6 Å². The average Bonchev–Trinajstić information content (AvgIpc) is 2.93. The summed E-state index contributed by atoms with van der Waals surface area (Å²) in [6.45, 7) is 7.58. The summed E-state index contributed by atoms with van der Waals surface area (Å²) >= 11 is 3.67. The molecule has 1 unspecified atom stereocenters. The molecule has 4 heteroatoms. The van der Waals surface area contributed by atoms with Gasteiger partial charge in [-0.15, -0.1) is 23.1 Å². The van der Waals surface area contributed by atoms with Gasteiger partial charge in [0.25, 0.3) is 0 Å². The molecule has 2 aromatic rings. The van der Waals surface area contributed by atoms with Crippen LogP contribution < -0.4 is 5.32 Å². The Bertz CT molecular complexity index is 520. The number of nitrogens with one attached hydrogen (secondary N) is 1. The third-order valence-electron chi connectivity index (χ3n) is 3.08. The topological polar surface area (TPSA) is 24.9 Å². The van der Waals surface area contributed by atoms with Crippen molar-refractivity contribution in [3.8, 4) is 0 Å². The molecule has 0 radical (unpaired) electrons. The Morgan fingerprint density at radius 1 is 1.30 bits per heavy atom. The van der Waals surface area contributed by atoms with Gasteiger partial charge in [0.1, 0.15) is 5.01 Å². The molecule has 2 rings (SSSR count). The van der Waals surface area contributed by atoms with Crippen LogP contribution in [0.5, 0.6) is 0 Å². The third-order valence-corrected chi connectivity index (χ3v) is 5.47. The highest BCUT2D eigenvalue weighted by Crippen LogP contribution is 2.27. The van der Waals surface area contributed by atoms with Crippen molar-refractivity contribution < 1.29 is 0 Å². The SMILES string of the molecule is CCCNC(C)c1cnc(CSc2ccc(C)cc2)s1. The minimum atomic E-state index is 0.408. The Hall–Kier alpha value is -0.840. The fourth-order valence-corrected chi connectivity index (χ4v) is 3.68. The number of benzene rings is 1. The number of hydrogen-bond donors (Lipinski definition) is 1. The summed E-state index contributed by atoms with van der Waals surface area (Å²) in [4.78, 5) is 7.18. The summed E-state index contributed by atoms with van der Waals surface area (Å²) in [7, 11) is 0. The van der Waals surface area contributed by atoms with Gasteiger partial charge in [-0.25, -0.2) is 4.98 Å². The van der Waals surface area contributed by atoms with Crippen molar-refractivity contribution in [2.75, 3.05) is 6.54 Å². The Balaban J connectivity index is 1.87. The second kappa shape index (κ2) is 7.81. The first-order chi connectivity index (χ1) is 9.69. The van der Waals surface area contributed by atoms with E-state index in [-0.39, 0.29) is 0 Å². The van der Waals surface area contributed by atoms with Crippen molar-refractivity contribution in [2.45, 2.75) is 43.9 Å². The summed E-state index contributed by atoms with van der Waals surface area (Å²) in [6, 6.07) is 9.09. The number of aromatic nitrogens is 1. The van der Waals surface area contributed by atoms with E-state index < -0.39 is 0 Å². The first-order valence-electron chi connectivity index (χ1n) is 7.06. The van der Waals surface area contributed by atoms with Crippen molar-refractivity contribution in [3.05, 3.63) is 45.9 Å². The molecular weight excluding hydrogens is 284 g/mol. The molecular formula is C16H22N2S2.